The highest BCUT2D eigenvalue weighted by Gasteiger charge is 2.58. The van der Waals surface area contributed by atoms with Crippen LogP contribution in [0.3, 0.4) is 0 Å². The van der Waals surface area contributed by atoms with Crippen molar-refractivity contribution in [3.8, 4) is 0 Å². The largest absolute Gasteiger partial charge is 0.417 e. The van der Waals surface area contributed by atoms with Gasteiger partial charge in [0.05, 0.1) is 11.1 Å². The van der Waals surface area contributed by atoms with Gasteiger partial charge in [-0.15, -0.1) is 0 Å². The summed E-state index contributed by atoms with van der Waals surface area (Å²) in [6.07, 6.45) is 2.71. The molecule has 0 bridgehead atoms. The Morgan fingerprint density at radius 1 is 1.09 bits per heavy atom. The fraction of sp³-hybridized carbons (Fsp3) is 0.458. The van der Waals surface area contributed by atoms with Crippen molar-refractivity contribution < 1.29 is 22.8 Å². The molecule has 1 aromatic carbocycles. The number of hydrogen-bond donors (Lipinski definition) is 1. The number of amides is 2. The third kappa shape index (κ3) is 4.79. The minimum absolute atomic E-state index is 0.0434. The van der Waals surface area contributed by atoms with E-state index in [2.05, 4.69) is 10.3 Å². The molecule has 0 radical (unpaired) electrons. The van der Waals surface area contributed by atoms with Gasteiger partial charge in [0.1, 0.15) is 0 Å². The number of nitrogens with one attached hydrogen (secondary N) is 1. The first-order valence-electron chi connectivity index (χ1n) is 10.9. The van der Waals surface area contributed by atoms with Crippen LogP contribution in [0, 0.1) is 11.3 Å². The summed E-state index contributed by atoms with van der Waals surface area (Å²) in [4.78, 5) is 30.8. The van der Waals surface area contributed by atoms with Crippen molar-refractivity contribution in [1.29, 1.82) is 0 Å². The molecule has 32 heavy (non-hydrogen) atoms. The van der Waals surface area contributed by atoms with Gasteiger partial charge in [0.25, 0.3) is 5.91 Å². The summed E-state index contributed by atoms with van der Waals surface area (Å²) in [6, 6.07) is 8.82. The maximum absolute atomic E-state index is 13.3. The number of nitrogens with zero attached hydrogens (tertiary/aromatic N) is 2. The Hall–Kier alpha value is -2.90. The van der Waals surface area contributed by atoms with E-state index in [-0.39, 0.29) is 22.8 Å². The second kappa shape index (κ2) is 8.92. The highest BCUT2D eigenvalue weighted by atomic mass is 19.4. The van der Waals surface area contributed by atoms with Crippen LogP contribution in [0.1, 0.15) is 47.2 Å². The number of benzene rings is 1. The van der Waals surface area contributed by atoms with Gasteiger partial charge >= 0.3 is 6.18 Å². The molecule has 5 nitrogen and oxygen atoms in total. The summed E-state index contributed by atoms with van der Waals surface area (Å²) in [5.41, 5.74) is -0.146. The van der Waals surface area contributed by atoms with Crippen LogP contribution in [-0.4, -0.2) is 41.3 Å². The zero-order valence-corrected chi connectivity index (χ0v) is 17.7. The van der Waals surface area contributed by atoms with E-state index >= 15 is 0 Å². The number of aryl methyl sites for hydroxylation is 1. The van der Waals surface area contributed by atoms with Crippen LogP contribution in [0.5, 0.6) is 0 Å². The molecule has 8 heteroatoms. The lowest BCUT2D eigenvalue weighted by molar-refractivity contribution is -0.138. The summed E-state index contributed by atoms with van der Waals surface area (Å²) in [7, 11) is 0. The number of alkyl halides is 3. The standard InChI is InChI=1S/C24H26F3N3O2/c25-24(26,27)19-6-2-1-5-18(19)22(32)30-14-9-23(10-15-30)16-20(23)21(31)29-11-3-4-17-7-12-28-13-8-17/h1-2,5-8,12-13,20H,3-4,9-11,14-16H2,(H,29,31)/t20-/m0/s1. The number of carbonyl (C=O) groups is 2. The van der Waals surface area contributed by atoms with E-state index in [1.54, 1.807) is 12.4 Å². The molecule has 0 unspecified atom stereocenters. The lowest BCUT2D eigenvalue weighted by atomic mass is 9.90. The average molecular weight is 445 g/mol. The molecular formula is C24H26F3N3O2. The molecule has 1 saturated carbocycles. The van der Waals surface area contributed by atoms with E-state index in [1.165, 1.54) is 28.7 Å². The molecule has 1 aromatic heterocycles. The first-order valence-corrected chi connectivity index (χ1v) is 10.9. The Balaban J connectivity index is 1.25. The van der Waals surface area contributed by atoms with Gasteiger partial charge in [0.15, 0.2) is 0 Å². The molecule has 170 valence electrons. The zero-order valence-electron chi connectivity index (χ0n) is 17.7. The summed E-state index contributed by atoms with van der Waals surface area (Å²) >= 11 is 0. The molecule has 1 saturated heterocycles. The van der Waals surface area contributed by atoms with Crippen molar-refractivity contribution >= 4 is 11.8 Å². The molecular weight excluding hydrogens is 419 g/mol. The van der Waals surface area contributed by atoms with Crippen molar-refractivity contribution in [2.75, 3.05) is 19.6 Å². The fourth-order valence-electron chi connectivity index (χ4n) is 4.69. The molecule has 2 heterocycles. The Morgan fingerprint density at radius 3 is 2.47 bits per heavy atom. The Bertz CT molecular complexity index is 970. The lowest BCUT2D eigenvalue weighted by Gasteiger charge is -2.33. The quantitative estimate of drug-likeness (QED) is 0.682. The first-order chi connectivity index (χ1) is 15.3. The van der Waals surface area contributed by atoms with Crippen LogP contribution in [0.25, 0.3) is 0 Å². The third-order valence-corrected chi connectivity index (χ3v) is 6.71. The fourth-order valence-corrected chi connectivity index (χ4v) is 4.69. The first kappa shape index (κ1) is 22.3. The molecule has 1 atom stereocenters. The van der Waals surface area contributed by atoms with E-state index in [1.807, 2.05) is 12.1 Å². The molecule has 2 fully saturated rings. The van der Waals surface area contributed by atoms with Gasteiger partial charge in [-0.25, -0.2) is 0 Å². The maximum Gasteiger partial charge on any atom is 0.417 e. The highest BCUT2D eigenvalue weighted by Crippen LogP contribution is 2.59. The Kier molecular flexibility index (Phi) is 6.22. The maximum atomic E-state index is 13.3. The summed E-state index contributed by atoms with van der Waals surface area (Å²) < 4.78 is 39.8. The van der Waals surface area contributed by atoms with Crippen LogP contribution in [0.15, 0.2) is 48.8 Å². The van der Waals surface area contributed by atoms with Gasteiger partial charge in [-0.05, 0) is 67.3 Å². The van der Waals surface area contributed by atoms with Crippen molar-refractivity contribution in [1.82, 2.24) is 15.2 Å². The molecule has 2 amide bonds. The normalized spacial score (nSPS) is 19.6. The van der Waals surface area contributed by atoms with Crippen LogP contribution in [-0.2, 0) is 17.4 Å². The van der Waals surface area contributed by atoms with Crippen molar-refractivity contribution in [3.05, 3.63) is 65.5 Å². The van der Waals surface area contributed by atoms with Crippen LogP contribution >= 0.6 is 0 Å². The minimum Gasteiger partial charge on any atom is -0.356 e. The molecule has 2 aliphatic rings. The second-order valence-electron chi connectivity index (χ2n) is 8.70. The molecule has 4 rings (SSSR count). The van der Waals surface area contributed by atoms with E-state index in [0.717, 1.165) is 25.3 Å². The van der Waals surface area contributed by atoms with Crippen LogP contribution in [0.2, 0.25) is 0 Å². The van der Waals surface area contributed by atoms with Crippen LogP contribution < -0.4 is 5.32 Å². The second-order valence-corrected chi connectivity index (χ2v) is 8.70. The topological polar surface area (TPSA) is 62.3 Å². The Labute approximate surface area is 185 Å². The number of pyridine rings is 1. The van der Waals surface area contributed by atoms with Crippen molar-refractivity contribution in [3.63, 3.8) is 0 Å². The Morgan fingerprint density at radius 2 is 1.78 bits per heavy atom. The van der Waals surface area contributed by atoms with Crippen LogP contribution in [0.4, 0.5) is 13.2 Å². The smallest absolute Gasteiger partial charge is 0.356 e. The van der Waals surface area contributed by atoms with E-state index < -0.39 is 17.6 Å². The molecule has 1 aliphatic heterocycles. The SMILES string of the molecule is O=C(NCCCc1ccncc1)[C@@H]1CC12CCN(C(=O)c1ccccc1C(F)(F)F)CC2. The number of aromatic nitrogens is 1. The monoisotopic (exact) mass is 445 g/mol. The predicted molar refractivity (Wildman–Crippen MR) is 113 cm³/mol. The van der Waals surface area contributed by atoms with Crippen molar-refractivity contribution in [2.45, 2.75) is 38.3 Å². The van der Waals surface area contributed by atoms with Crippen molar-refractivity contribution in [2.24, 2.45) is 11.3 Å². The highest BCUT2D eigenvalue weighted by molar-refractivity contribution is 5.96. The summed E-state index contributed by atoms with van der Waals surface area (Å²) in [6.45, 7) is 1.35. The number of carbonyl (C=O) groups excluding carboxylic acids is 2. The number of rotatable bonds is 6. The average Bonchev–Trinajstić information content (AvgIpc) is 3.50. The van der Waals surface area contributed by atoms with E-state index in [9.17, 15) is 22.8 Å². The molecule has 1 N–H and O–H groups in total. The molecule has 1 aliphatic carbocycles. The van der Waals surface area contributed by atoms with Gasteiger partial charge in [-0.2, -0.15) is 13.2 Å². The zero-order chi connectivity index (χ0) is 22.8. The number of halogens is 3. The minimum atomic E-state index is -4.57. The van der Waals surface area contributed by atoms with Gasteiger partial charge < -0.3 is 10.2 Å². The van der Waals surface area contributed by atoms with E-state index in [0.29, 0.717) is 32.5 Å². The predicted octanol–water partition coefficient (Wildman–Crippen LogP) is 4.09. The third-order valence-electron chi connectivity index (χ3n) is 6.71. The lowest BCUT2D eigenvalue weighted by Crippen LogP contribution is -2.41. The number of piperidine rings is 1. The van der Waals surface area contributed by atoms with Gasteiger partial charge in [-0.3, -0.25) is 14.6 Å². The number of likely N-dealkylation sites (tertiary alicyclic amines) is 1. The van der Waals surface area contributed by atoms with Gasteiger partial charge in [0.2, 0.25) is 5.91 Å². The van der Waals surface area contributed by atoms with E-state index in [4.69, 9.17) is 0 Å². The summed E-state index contributed by atoms with van der Waals surface area (Å²) in [5.74, 6) is -0.615. The van der Waals surface area contributed by atoms with Gasteiger partial charge in [0, 0.05) is 37.9 Å². The molecule has 2 aromatic rings. The number of hydrogen-bond acceptors (Lipinski definition) is 3. The van der Waals surface area contributed by atoms with Gasteiger partial charge in [-0.1, -0.05) is 12.1 Å². The molecule has 1 spiro atoms. The summed E-state index contributed by atoms with van der Waals surface area (Å²) in [5, 5.41) is 3.01.